The van der Waals surface area contributed by atoms with E-state index < -0.39 is 35.3 Å². The van der Waals surface area contributed by atoms with Crippen LogP contribution in [0.5, 0.6) is 5.88 Å². The fourth-order valence-electron chi connectivity index (χ4n) is 1.10. The second-order valence-electron chi connectivity index (χ2n) is 3.02. The van der Waals surface area contributed by atoms with E-state index in [1.54, 1.807) is 6.07 Å². The van der Waals surface area contributed by atoms with Gasteiger partial charge in [0, 0.05) is 5.56 Å². The first kappa shape index (κ1) is 14.6. The number of hydrogen-bond donors (Lipinski definition) is 0. The highest BCUT2D eigenvalue weighted by atomic mass is 79.9. The average Bonchev–Trinajstić information content (AvgIpc) is 2.19. The van der Waals surface area contributed by atoms with Crippen LogP contribution in [0.15, 0.2) is 10.7 Å². The Balaban J connectivity index is 3.25. The molecule has 1 aromatic heterocycles. The summed E-state index contributed by atoms with van der Waals surface area (Å²) in [6.45, 7) is 0. The van der Waals surface area contributed by atoms with Crippen molar-refractivity contribution in [3.05, 3.63) is 21.8 Å². The third-order valence-electron chi connectivity index (χ3n) is 1.76. The summed E-state index contributed by atoms with van der Waals surface area (Å²) in [6.07, 6.45) is -8.46. The highest BCUT2D eigenvalue weighted by Crippen LogP contribution is 2.33. The van der Waals surface area contributed by atoms with E-state index in [2.05, 4.69) is 25.7 Å². The third kappa shape index (κ3) is 3.80. The van der Waals surface area contributed by atoms with Crippen molar-refractivity contribution in [1.82, 2.24) is 4.98 Å². The van der Waals surface area contributed by atoms with Gasteiger partial charge in [0.05, 0.1) is 18.1 Å². The van der Waals surface area contributed by atoms with Crippen molar-refractivity contribution in [3.63, 3.8) is 0 Å². The van der Waals surface area contributed by atoms with E-state index >= 15 is 0 Å². The number of hydrogen-bond acceptors (Lipinski definition) is 3. The van der Waals surface area contributed by atoms with Crippen LogP contribution in [-0.4, -0.2) is 11.3 Å². The van der Waals surface area contributed by atoms with Crippen molar-refractivity contribution in [2.45, 2.75) is 19.2 Å². The second kappa shape index (κ2) is 5.48. The zero-order valence-electron chi connectivity index (χ0n) is 8.43. The van der Waals surface area contributed by atoms with Gasteiger partial charge in [-0.1, -0.05) is 0 Å². The molecule has 18 heavy (non-hydrogen) atoms. The van der Waals surface area contributed by atoms with Gasteiger partial charge in [-0.15, -0.1) is 13.2 Å². The van der Waals surface area contributed by atoms with Crippen LogP contribution < -0.4 is 4.74 Å². The quantitative estimate of drug-likeness (QED) is 0.626. The number of aromatic nitrogens is 1. The lowest BCUT2D eigenvalue weighted by Crippen LogP contribution is -2.19. The van der Waals surface area contributed by atoms with Crippen molar-refractivity contribution >= 4 is 15.9 Å². The number of nitrogens with zero attached hydrogens (tertiary/aromatic N) is 2. The van der Waals surface area contributed by atoms with Crippen molar-refractivity contribution in [3.8, 4) is 11.9 Å². The molecule has 3 nitrogen and oxygen atoms in total. The minimum absolute atomic E-state index is 0.353. The Morgan fingerprint density at radius 1 is 1.44 bits per heavy atom. The summed E-state index contributed by atoms with van der Waals surface area (Å²) in [6, 6.07) is 2.30. The molecule has 1 rings (SSSR count). The first-order chi connectivity index (χ1) is 8.24. The van der Waals surface area contributed by atoms with Crippen molar-refractivity contribution in [1.29, 1.82) is 5.26 Å². The Bertz CT molecular complexity index is 483. The lowest BCUT2D eigenvalue weighted by Gasteiger charge is -2.13. The maximum Gasteiger partial charge on any atom is 0.574 e. The van der Waals surface area contributed by atoms with Gasteiger partial charge in [0.1, 0.15) is 4.60 Å². The lowest BCUT2D eigenvalue weighted by atomic mass is 10.1. The largest absolute Gasteiger partial charge is 0.574 e. The Morgan fingerprint density at radius 2 is 2.06 bits per heavy atom. The van der Waals surface area contributed by atoms with Crippen LogP contribution in [0.4, 0.5) is 22.0 Å². The summed E-state index contributed by atoms with van der Waals surface area (Å²) >= 11 is 2.62. The molecular formula is C9H4BrF5N2O. The van der Waals surface area contributed by atoms with Gasteiger partial charge in [0.2, 0.25) is 5.88 Å². The van der Waals surface area contributed by atoms with E-state index in [1.807, 2.05) is 0 Å². The Labute approximate surface area is 106 Å². The molecule has 0 saturated heterocycles. The molecule has 0 atom stereocenters. The van der Waals surface area contributed by atoms with Gasteiger partial charge in [-0.3, -0.25) is 0 Å². The Hall–Kier alpha value is -1.43. The van der Waals surface area contributed by atoms with Crippen LogP contribution in [-0.2, 0) is 6.42 Å². The van der Waals surface area contributed by atoms with E-state index in [0.717, 1.165) is 6.07 Å². The van der Waals surface area contributed by atoms with Gasteiger partial charge >= 0.3 is 6.36 Å². The van der Waals surface area contributed by atoms with E-state index in [1.165, 1.54) is 0 Å². The van der Waals surface area contributed by atoms with E-state index in [0.29, 0.717) is 0 Å². The van der Waals surface area contributed by atoms with Crippen molar-refractivity contribution < 1.29 is 26.7 Å². The second-order valence-corrected chi connectivity index (χ2v) is 3.77. The molecule has 0 N–H and O–H groups in total. The van der Waals surface area contributed by atoms with Crippen LogP contribution in [0.2, 0.25) is 0 Å². The van der Waals surface area contributed by atoms with Crippen molar-refractivity contribution in [2.75, 3.05) is 0 Å². The van der Waals surface area contributed by atoms with Crippen LogP contribution in [0, 0.1) is 11.3 Å². The standard InChI is InChI=1S/C9H4BrF5N2O/c10-6-5(7(11)12)3-4(1-2-16)8(17-6)18-9(13,14)15/h3,7H,1H2. The molecule has 1 heterocycles. The zero-order valence-corrected chi connectivity index (χ0v) is 10.0. The summed E-state index contributed by atoms with van der Waals surface area (Å²) in [5.74, 6) is -0.916. The van der Waals surface area contributed by atoms with E-state index in [-0.39, 0.29) is 5.56 Å². The van der Waals surface area contributed by atoms with Crippen LogP contribution in [0.25, 0.3) is 0 Å². The van der Waals surface area contributed by atoms with Gasteiger partial charge < -0.3 is 4.74 Å². The number of alkyl halides is 5. The Kier molecular flexibility index (Phi) is 4.45. The molecule has 0 fully saturated rings. The average molecular weight is 331 g/mol. The first-order valence-electron chi connectivity index (χ1n) is 4.34. The molecule has 0 spiro atoms. The predicted octanol–water partition coefficient (Wildman–Crippen LogP) is 3.75. The minimum Gasteiger partial charge on any atom is -0.388 e. The monoisotopic (exact) mass is 330 g/mol. The fourth-order valence-corrected chi connectivity index (χ4v) is 1.55. The molecule has 0 aromatic carbocycles. The molecule has 0 aliphatic heterocycles. The maximum atomic E-state index is 12.5. The summed E-state index contributed by atoms with van der Waals surface area (Å²) in [5, 5.41) is 8.43. The van der Waals surface area contributed by atoms with Crippen LogP contribution >= 0.6 is 15.9 Å². The Morgan fingerprint density at radius 3 is 2.50 bits per heavy atom. The summed E-state index contributed by atoms with van der Waals surface area (Å²) in [4.78, 5) is 3.24. The topological polar surface area (TPSA) is 45.9 Å². The molecule has 0 unspecified atom stereocenters. The van der Waals surface area contributed by atoms with Crippen LogP contribution in [0.1, 0.15) is 17.6 Å². The smallest absolute Gasteiger partial charge is 0.388 e. The summed E-state index contributed by atoms with van der Waals surface area (Å²) in [7, 11) is 0. The maximum absolute atomic E-state index is 12.5. The summed E-state index contributed by atoms with van der Waals surface area (Å²) in [5.41, 5.74) is -0.955. The number of halogens is 6. The normalized spacial score (nSPS) is 11.4. The molecule has 1 aromatic rings. The minimum atomic E-state index is -5.01. The highest BCUT2D eigenvalue weighted by molar-refractivity contribution is 9.10. The van der Waals surface area contributed by atoms with E-state index in [9.17, 15) is 22.0 Å². The molecule has 0 radical (unpaired) electrons. The zero-order chi connectivity index (χ0) is 13.9. The third-order valence-corrected chi connectivity index (χ3v) is 2.39. The molecule has 0 aliphatic carbocycles. The van der Waals surface area contributed by atoms with Gasteiger partial charge in [-0.2, -0.15) is 5.26 Å². The molecule has 0 amide bonds. The molecule has 98 valence electrons. The molecule has 0 bridgehead atoms. The highest BCUT2D eigenvalue weighted by Gasteiger charge is 2.33. The SMILES string of the molecule is N#CCc1cc(C(F)F)c(Br)nc1OC(F)(F)F. The molecule has 0 saturated carbocycles. The predicted molar refractivity (Wildman–Crippen MR) is 52.9 cm³/mol. The van der Waals surface area contributed by atoms with Gasteiger partial charge in [0.15, 0.2) is 0 Å². The van der Waals surface area contributed by atoms with Gasteiger partial charge in [-0.25, -0.2) is 13.8 Å². The molecular weight excluding hydrogens is 327 g/mol. The van der Waals surface area contributed by atoms with Gasteiger partial charge in [-0.05, 0) is 22.0 Å². The molecule has 0 aliphatic rings. The number of ether oxygens (including phenoxy) is 1. The van der Waals surface area contributed by atoms with E-state index in [4.69, 9.17) is 5.26 Å². The first-order valence-corrected chi connectivity index (χ1v) is 5.14. The number of rotatable bonds is 3. The number of pyridine rings is 1. The number of nitriles is 1. The van der Waals surface area contributed by atoms with Gasteiger partial charge in [0.25, 0.3) is 6.43 Å². The fraction of sp³-hybridized carbons (Fsp3) is 0.333. The lowest BCUT2D eigenvalue weighted by molar-refractivity contribution is -0.276. The van der Waals surface area contributed by atoms with Crippen molar-refractivity contribution in [2.24, 2.45) is 0 Å². The van der Waals surface area contributed by atoms with Crippen LogP contribution in [0.3, 0.4) is 0 Å². The molecule has 9 heteroatoms. The summed E-state index contributed by atoms with van der Waals surface area (Å²) < 4.78 is 64.2.